The number of hydrogen-bond acceptors (Lipinski definition) is 9. The standard InChI is InChI=1S/C24H42N4O9/c1-10-23(6,7)35-19(32)18(20(33)36-24(8,9)11-2)28-17(31)14-26-15(29)12-25-16(30)13-27-21(34)37-22(3,4)5/h18H,10-14H2,1-9H3,(H,25,30)(H,26,29)(H,27,34)(H,28,31). The number of esters is 2. The molecule has 13 heteroatoms. The first-order chi connectivity index (χ1) is 16.8. The highest BCUT2D eigenvalue weighted by atomic mass is 16.6. The van der Waals surface area contributed by atoms with Crippen LogP contribution < -0.4 is 21.3 Å². The molecule has 0 saturated carbocycles. The maximum atomic E-state index is 12.7. The van der Waals surface area contributed by atoms with Crippen molar-refractivity contribution in [2.45, 2.75) is 98.0 Å². The molecular weight excluding hydrogens is 488 g/mol. The minimum absolute atomic E-state index is 0.420. The number of hydrogen-bond donors (Lipinski definition) is 4. The van der Waals surface area contributed by atoms with E-state index in [9.17, 15) is 28.8 Å². The summed E-state index contributed by atoms with van der Waals surface area (Å²) < 4.78 is 15.7. The molecule has 0 radical (unpaired) electrons. The Morgan fingerprint density at radius 1 is 0.595 bits per heavy atom. The zero-order chi connectivity index (χ0) is 29.0. The molecule has 0 bridgehead atoms. The number of amides is 4. The fraction of sp³-hybridized carbons (Fsp3) is 0.750. The first kappa shape index (κ1) is 33.6. The van der Waals surface area contributed by atoms with E-state index in [0.717, 1.165) is 0 Å². The van der Waals surface area contributed by atoms with Crippen molar-refractivity contribution in [1.29, 1.82) is 0 Å². The maximum Gasteiger partial charge on any atom is 0.408 e. The fourth-order valence-electron chi connectivity index (χ4n) is 2.18. The molecule has 0 fully saturated rings. The summed E-state index contributed by atoms with van der Waals surface area (Å²) in [5, 5.41) is 8.99. The summed E-state index contributed by atoms with van der Waals surface area (Å²) in [5.41, 5.74) is -2.50. The van der Waals surface area contributed by atoms with Crippen LogP contribution in [-0.4, -0.2) is 78.2 Å². The zero-order valence-electron chi connectivity index (χ0n) is 23.3. The Morgan fingerprint density at radius 2 is 0.973 bits per heavy atom. The highest BCUT2D eigenvalue weighted by Gasteiger charge is 2.37. The monoisotopic (exact) mass is 530 g/mol. The molecule has 0 aromatic carbocycles. The van der Waals surface area contributed by atoms with Gasteiger partial charge >= 0.3 is 18.0 Å². The van der Waals surface area contributed by atoms with Gasteiger partial charge in [-0.25, -0.2) is 14.4 Å². The average molecular weight is 531 g/mol. The molecule has 0 rings (SSSR count). The molecule has 0 aromatic heterocycles. The van der Waals surface area contributed by atoms with Gasteiger partial charge in [-0.15, -0.1) is 0 Å². The quantitative estimate of drug-likeness (QED) is 0.151. The van der Waals surface area contributed by atoms with Gasteiger partial charge in [0.05, 0.1) is 13.1 Å². The fourth-order valence-corrected chi connectivity index (χ4v) is 2.18. The Hall–Kier alpha value is -3.38. The van der Waals surface area contributed by atoms with Gasteiger partial charge in [0.2, 0.25) is 23.8 Å². The summed E-state index contributed by atoms with van der Waals surface area (Å²) in [4.78, 5) is 73.0. The van der Waals surface area contributed by atoms with Gasteiger partial charge in [0.25, 0.3) is 0 Å². The van der Waals surface area contributed by atoms with E-state index >= 15 is 0 Å². The third-order valence-corrected chi connectivity index (χ3v) is 4.92. The minimum Gasteiger partial charge on any atom is -0.458 e. The van der Waals surface area contributed by atoms with E-state index in [1.165, 1.54) is 0 Å². The predicted octanol–water partition coefficient (Wildman–Crippen LogP) is 0.692. The molecule has 0 saturated heterocycles. The van der Waals surface area contributed by atoms with Crippen LogP contribution in [0.2, 0.25) is 0 Å². The lowest BCUT2D eigenvalue weighted by Gasteiger charge is -2.29. The van der Waals surface area contributed by atoms with E-state index < -0.39 is 78.2 Å². The van der Waals surface area contributed by atoms with Gasteiger partial charge in [-0.2, -0.15) is 0 Å². The van der Waals surface area contributed by atoms with Crippen LogP contribution in [0.3, 0.4) is 0 Å². The molecule has 0 aliphatic heterocycles. The second kappa shape index (κ2) is 14.4. The molecule has 0 spiro atoms. The Labute approximate surface area is 218 Å². The molecule has 0 heterocycles. The third kappa shape index (κ3) is 15.4. The lowest BCUT2D eigenvalue weighted by Crippen LogP contribution is -2.54. The van der Waals surface area contributed by atoms with Crippen LogP contribution in [0.15, 0.2) is 0 Å². The number of nitrogens with one attached hydrogen (secondary N) is 4. The van der Waals surface area contributed by atoms with Crippen LogP contribution in [0.25, 0.3) is 0 Å². The van der Waals surface area contributed by atoms with Crippen molar-refractivity contribution in [2.75, 3.05) is 19.6 Å². The summed E-state index contributed by atoms with van der Waals surface area (Å²) in [6.45, 7) is 13.7. The number of alkyl carbamates (subject to hydrolysis) is 1. The Kier molecular flexibility index (Phi) is 13.1. The van der Waals surface area contributed by atoms with Crippen LogP contribution in [-0.2, 0) is 38.2 Å². The molecule has 0 unspecified atom stereocenters. The highest BCUT2D eigenvalue weighted by molar-refractivity contribution is 6.03. The Balaban J connectivity index is 4.86. The van der Waals surface area contributed by atoms with Crippen molar-refractivity contribution in [2.24, 2.45) is 0 Å². The highest BCUT2D eigenvalue weighted by Crippen LogP contribution is 2.18. The zero-order valence-corrected chi connectivity index (χ0v) is 23.3. The van der Waals surface area contributed by atoms with E-state index in [2.05, 4.69) is 21.3 Å². The van der Waals surface area contributed by atoms with Gasteiger partial charge in [-0.3, -0.25) is 14.4 Å². The topological polar surface area (TPSA) is 178 Å². The molecule has 0 aliphatic rings. The third-order valence-electron chi connectivity index (χ3n) is 4.92. The van der Waals surface area contributed by atoms with Crippen molar-refractivity contribution in [3.05, 3.63) is 0 Å². The number of carbonyl (C=O) groups excluding carboxylic acids is 6. The summed E-state index contributed by atoms with van der Waals surface area (Å²) in [7, 11) is 0. The van der Waals surface area contributed by atoms with E-state index in [1.54, 1.807) is 62.3 Å². The van der Waals surface area contributed by atoms with Crippen LogP contribution in [0.4, 0.5) is 4.79 Å². The van der Waals surface area contributed by atoms with Crippen molar-refractivity contribution < 1.29 is 43.0 Å². The van der Waals surface area contributed by atoms with Gasteiger partial charge in [0.15, 0.2) is 0 Å². The molecule has 0 aliphatic carbocycles. The van der Waals surface area contributed by atoms with Gasteiger partial charge < -0.3 is 35.5 Å². The molecule has 0 aromatic rings. The van der Waals surface area contributed by atoms with Crippen molar-refractivity contribution in [3.63, 3.8) is 0 Å². The molecule has 4 N–H and O–H groups in total. The largest absolute Gasteiger partial charge is 0.458 e. The number of rotatable bonds is 13. The molecular formula is C24H42N4O9. The smallest absolute Gasteiger partial charge is 0.408 e. The second-order valence-electron chi connectivity index (χ2n) is 10.5. The van der Waals surface area contributed by atoms with Gasteiger partial charge in [-0.05, 0) is 61.3 Å². The normalized spacial score (nSPS) is 11.7. The van der Waals surface area contributed by atoms with Crippen LogP contribution >= 0.6 is 0 Å². The molecule has 13 nitrogen and oxygen atoms in total. The van der Waals surface area contributed by atoms with Crippen molar-refractivity contribution in [1.82, 2.24) is 21.3 Å². The average Bonchev–Trinajstić information content (AvgIpc) is 2.76. The summed E-state index contributed by atoms with van der Waals surface area (Å²) in [6, 6.07) is -1.74. The minimum atomic E-state index is -1.74. The van der Waals surface area contributed by atoms with Gasteiger partial charge in [0.1, 0.15) is 23.3 Å². The predicted molar refractivity (Wildman–Crippen MR) is 133 cm³/mol. The van der Waals surface area contributed by atoms with Crippen LogP contribution in [0.5, 0.6) is 0 Å². The van der Waals surface area contributed by atoms with E-state index in [4.69, 9.17) is 14.2 Å². The summed E-state index contributed by atoms with van der Waals surface area (Å²) in [6.07, 6.45) is 0.133. The first-order valence-electron chi connectivity index (χ1n) is 12.1. The number of ether oxygens (including phenoxy) is 3. The summed E-state index contributed by atoms with van der Waals surface area (Å²) in [5.74, 6) is -4.22. The lowest BCUT2D eigenvalue weighted by molar-refractivity contribution is -0.173. The SMILES string of the molecule is CCC(C)(C)OC(=O)C(NC(=O)CNC(=O)CNC(=O)CNC(=O)OC(C)(C)C)C(=O)OC(C)(C)CC. The maximum absolute atomic E-state index is 12.7. The van der Waals surface area contributed by atoms with Gasteiger partial charge in [-0.1, -0.05) is 13.8 Å². The van der Waals surface area contributed by atoms with E-state index in [1.807, 2.05) is 0 Å². The Bertz CT molecular complexity index is 818. The van der Waals surface area contributed by atoms with E-state index in [0.29, 0.717) is 12.8 Å². The second-order valence-corrected chi connectivity index (χ2v) is 10.5. The summed E-state index contributed by atoms with van der Waals surface area (Å²) >= 11 is 0. The number of carbonyl (C=O) groups is 6. The van der Waals surface area contributed by atoms with Gasteiger partial charge in [0, 0.05) is 0 Å². The van der Waals surface area contributed by atoms with Crippen molar-refractivity contribution >= 4 is 35.8 Å². The van der Waals surface area contributed by atoms with Crippen LogP contribution in [0, 0.1) is 0 Å². The van der Waals surface area contributed by atoms with Crippen molar-refractivity contribution in [3.8, 4) is 0 Å². The first-order valence-corrected chi connectivity index (χ1v) is 12.1. The molecule has 0 atom stereocenters. The van der Waals surface area contributed by atoms with Crippen LogP contribution in [0.1, 0.15) is 75.2 Å². The Morgan fingerprint density at radius 3 is 1.35 bits per heavy atom. The molecule has 212 valence electrons. The lowest BCUT2D eigenvalue weighted by atomic mass is 10.1. The molecule has 37 heavy (non-hydrogen) atoms. The van der Waals surface area contributed by atoms with E-state index in [-0.39, 0.29) is 0 Å². The molecule has 4 amide bonds.